The zero-order valence-corrected chi connectivity index (χ0v) is 9.58. The maximum Gasteiger partial charge on any atom is 0.115 e. The lowest BCUT2D eigenvalue weighted by atomic mass is 9.68. The van der Waals surface area contributed by atoms with E-state index < -0.39 is 44.7 Å². The van der Waals surface area contributed by atoms with E-state index in [9.17, 15) is 22.0 Å². The van der Waals surface area contributed by atoms with Gasteiger partial charge in [-0.2, -0.15) is 0 Å². The molecule has 0 spiro atoms. The Morgan fingerprint density at radius 3 is 2.06 bits per heavy atom. The summed E-state index contributed by atoms with van der Waals surface area (Å²) in [6.45, 7) is -3.68. The van der Waals surface area contributed by atoms with Crippen molar-refractivity contribution in [1.82, 2.24) is 0 Å². The van der Waals surface area contributed by atoms with Crippen LogP contribution in [0.3, 0.4) is 0 Å². The monoisotopic (exact) mass is 254 g/mol. The summed E-state index contributed by atoms with van der Waals surface area (Å²) in [5.41, 5.74) is -1.66. The minimum Gasteiger partial charge on any atom is -0.250 e. The van der Waals surface area contributed by atoms with Gasteiger partial charge in [-0.1, -0.05) is 13.0 Å². The summed E-state index contributed by atoms with van der Waals surface area (Å²) < 4.78 is 64.3. The summed E-state index contributed by atoms with van der Waals surface area (Å²) in [6, 6.07) is 0. The number of halogens is 5. The molecule has 5 heteroatoms. The van der Waals surface area contributed by atoms with Crippen molar-refractivity contribution in [3.63, 3.8) is 0 Å². The minimum atomic E-state index is -1.30. The molecule has 0 fully saturated rings. The first-order valence-corrected chi connectivity index (χ1v) is 5.31. The van der Waals surface area contributed by atoms with Gasteiger partial charge >= 0.3 is 0 Å². The van der Waals surface area contributed by atoms with Crippen LogP contribution < -0.4 is 0 Å². The molecule has 0 aromatic rings. The molecule has 1 aliphatic carbocycles. The van der Waals surface area contributed by atoms with E-state index in [1.807, 2.05) is 0 Å². The van der Waals surface area contributed by atoms with E-state index >= 15 is 0 Å². The summed E-state index contributed by atoms with van der Waals surface area (Å²) >= 11 is 0. The third kappa shape index (κ3) is 2.38. The lowest BCUT2D eigenvalue weighted by Crippen LogP contribution is -2.36. The van der Waals surface area contributed by atoms with Crippen LogP contribution in [-0.4, -0.2) is 33.4 Å². The van der Waals surface area contributed by atoms with E-state index in [-0.39, 0.29) is 16.7 Å². The van der Waals surface area contributed by atoms with Crippen molar-refractivity contribution in [1.29, 1.82) is 0 Å². The van der Waals surface area contributed by atoms with Crippen LogP contribution in [-0.2, 0) is 0 Å². The fourth-order valence-electron chi connectivity index (χ4n) is 2.27. The molecule has 0 bridgehead atoms. The second kappa shape index (κ2) is 5.65. The Bertz CT molecular complexity index is 334. The van der Waals surface area contributed by atoms with Crippen LogP contribution in [0.2, 0.25) is 0 Å². The molecule has 0 aromatic carbocycles. The molecule has 0 N–H and O–H groups in total. The van der Waals surface area contributed by atoms with Gasteiger partial charge in [0.15, 0.2) is 0 Å². The average Bonchev–Trinajstić information content (AvgIpc) is 2.36. The topological polar surface area (TPSA) is 0 Å². The predicted octanol–water partition coefficient (Wildman–Crippen LogP) is 3.69. The minimum absolute atomic E-state index is 0.0648. The van der Waals surface area contributed by atoms with Crippen molar-refractivity contribution in [3.8, 4) is 0 Å². The molecule has 0 radical (unpaired) electrons. The third-order valence-corrected chi connectivity index (χ3v) is 3.36. The second-order valence-electron chi connectivity index (χ2n) is 4.42. The summed E-state index contributed by atoms with van der Waals surface area (Å²) in [4.78, 5) is 0. The molecule has 98 valence electrons. The first-order chi connectivity index (χ1) is 8.07. The van der Waals surface area contributed by atoms with Gasteiger partial charge in [-0.15, -0.1) is 0 Å². The number of hydrogen-bond acceptors (Lipinski definition) is 0. The zero-order chi connectivity index (χ0) is 13.1. The lowest BCUT2D eigenvalue weighted by molar-refractivity contribution is 0.172. The van der Waals surface area contributed by atoms with Crippen LogP contribution in [0, 0.1) is 11.3 Å². The van der Waals surface area contributed by atoms with Gasteiger partial charge in [0.2, 0.25) is 0 Å². The summed E-state index contributed by atoms with van der Waals surface area (Å²) in [5.74, 6) is -1.06. The first-order valence-electron chi connectivity index (χ1n) is 5.31. The van der Waals surface area contributed by atoms with Crippen LogP contribution in [0.25, 0.3) is 0 Å². The Morgan fingerprint density at radius 1 is 1.06 bits per heavy atom. The normalized spacial score (nSPS) is 29.5. The molecule has 0 saturated carbocycles. The molecule has 1 aliphatic rings. The van der Waals surface area contributed by atoms with Gasteiger partial charge < -0.3 is 0 Å². The van der Waals surface area contributed by atoms with Crippen molar-refractivity contribution >= 4 is 0 Å². The highest BCUT2D eigenvalue weighted by Gasteiger charge is 2.40. The van der Waals surface area contributed by atoms with Crippen molar-refractivity contribution in [3.05, 3.63) is 22.8 Å². The molecule has 1 rings (SSSR count). The van der Waals surface area contributed by atoms with Gasteiger partial charge in [0.25, 0.3) is 0 Å². The van der Waals surface area contributed by atoms with Gasteiger partial charge in [0, 0.05) is 11.3 Å². The highest BCUT2D eigenvalue weighted by molar-refractivity contribution is 5.44. The van der Waals surface area contributed by atoms with Crippen molar-refractivity contribution in [2.45, 2.75) is 6.92 Å². The fraction of sp³-hybridized carbons (Fsp3) is 0.667. The van der Waals surface area contributed by atoms with Crippen LogP contribution in [0.1, 0.15) is 6.92 Å². The molecule has 0 nitrogen and oxygen atoms in total. The van der Waals surface area contributed by atoms with Crippen molar-refractivity contribution < 1.29 is 22.0 Å². The molecule has 2 atom stereocenters. The highest BCUT2D eigenvalue weighted by atomic mass is 19.1. The maximum atomic E-state index is 13.0. The van der Waals surface area contributed by atoms with E-state index in [0.29, 0.717) is 0 Å². The SMILES string of the molecule is CC1(CF)C=C(CF)C(CF)=C(CF)C1CF. The fourth-order valence-corrected chi connectivity index (χ4v) is 2.27. The molecule has 2 unspecified atom stereocenters. The van der Waals surface area contributed by atoms with Gasteiger partial charge in [-0.05, 0) is 16.7 Å². The molecule has 17 heavy (non-hydrogen) atoms. The number of rotatable bonds is 5. The van der Waals surface area contributed by atoms with E-state index in [0.717, 1.165) is 0 Å². The Morgan fingerprint density at radius 2 is 1.71 bits per heavy atom. The van der Waals surface area contributed by atoms with Crippen LogP contribution >= 0.6 is 0 Å². The Balaban J connectivity index is 3.31. The number of hydrogen-bond donors (Lipinski definition) is 0. The van der Waals surface area contributed by atoms with Gasteiger partial charge in [0.05, 0.1) is 13.3 Å². The predicted molar refractivity (Wildman–Crippen MR) is 56.6 cm³/mol. The van der Waals surface area contributed by atoms with E-state index in [1.165, 1.54) is 13.0 Å². The molecule has 0 amide bonds. The average molecular weight is 254 g/mol. The molecule has 0 saturated heterocycles. The molecule has 0 heterocycles. The Labute approximate surface area is 97.2 Å². The standard InChI is InChI=1S/C12H15F5/c1-12(7-17)2-8(3-13)9(4-14)10(5-15)11(12)6-16/h2,11H,3-7H2,1H3. The van der Waals surface area contributed by atoms with Crippen molar-refractivity contribution in [2.24, 2.45) is 11.3 Å². The molecular formula is C12H15F5. The van der Waals surface area contributed by atoms with Gasteiger partial charge in [0.1, 0.15) is 20.0 Å². The van der Waals surface area contributed by atoms with Gasteiger partial charge in [-0.3, -0.25) is 8.78 Å². The zero-order valence-electron chi connectivity index (χ0n) is 9.58. The second-order valence-corrected chi connectivity index (χ2v) is 4.42. The van der Waals surface area contributed by atoms with Crippen LogP contribution in [0.15, 0.2) is 22.8 Å². The summed E-state index contributed by atoms with van der Waals surface area (Å²) in [6.07, 6.45) is 1.20. The summed E-state index contributed by atoms with van der Waals surface area (Å²) in [5, 5.41) is 0. The lowest BCUT2D eigenvalue weighted by Gasteiger charge is -2.37. The van der Waals surface area contributed by atoms with E-state index in [2.05, 4.69) is 0 Å². The first kappa shape index (κ1) is 14.2. The number of allylic oxidation sites excluding steroid dienone is 4. The smallest absolute Gasteiger partial charge is 0.115 e. The summed E-state index contributed by atoms with van der Waals surface area (Å²) in [7, 11) is 0. The maximum absolute atomic E-state index is 13.0. The largest absolute Gasteiger partial charge is 0.250 e. The van der Waals surface area contributed by atoms with Crippen LogP contribution in [0.5, 0.6) is 0 Å². The quantitative estimate of drug-likeness (QED) is 0.656. The Kier molecular flexibility index (Phi) is 4.71. The number of alkyl halides is 5. The Hall–Kier alpha value is -0.870. The van der Waals surface area contributed by atoms with Crippen LogP contribution in [0.4, 0.5) is 22.0 Å². The molecular weight excluding hydrogens is 239 g/mol. The third-order valence-electron chi connectivity index (χ3n) is 3.36. The van der Waals surface area contributed by atoms with Gasteiger partial charge in [-0.25, -0.2) is 13.2 Å². The van der Waals surface area contributed by atoms with Crippen molar-refractivity contribution in [2.75, 3.05) is 33.4 Å². The van der Waals surface area contributed by atoms with E-state index in [4.69, 9.17) is 0 Å². The van der Waals surface area contributed by atoms with E-state index in [1.54, 1.807) is 0 Å². The molecule has 0 aliphatic heterocycles. The molecule has 0 aromatic heterocycles. The highest BCUT2D eigenvalue weighted by Crippen LogP contribution is 2.43.